The topological polar surface area (TPSA) is 62.7 Å². The lowest BCUT2D eigenvalue weighted by molar-refractivity contribution is 0.627. The van der Waals surface area contributed by atoms with E-state index in [0.717, 1.165) is 5.56 Å². The van der Waals surface area contributed by atoms with E-state index < -0.39 is 0 Å². The van der Waals surface area contributed by atoms with E-state index in [9.17, 15) is 4.39 Å². The predicted molar refractivity (Wildman–Crippen MR) is 93.3 cm³/mol. The van der Waals surface area contributed by atoms with Gasteiger partial charge in [0.05, 0.1) is 21.9 Å². The third-order valence-electron chi connectivity index (χ3n) is 3.15. The Morgan fingerprint density at radius 3 is 2.42 bits per heavy atom. The summed E-state index contributed by atoms with van der Waals surface area (Å²) in [7, 11) is 0. The van der Waals surface area contributed by atoms with E-state index in [-0.39, 0.29) is 11.8 Å². The van der Waals surface area contributed by atoms with Gasteiger partial charge in [-0.2, -0.15) is 10.1 Å². The van der Waals surface area contributed by atoms with Gasteiger partial charge in [-0.3, -0.25) is 0 Å². The largest absolute Gasteiger partial charge is 0.365 e. The van der Waals surface area contributed by atoms with E-state index in [1.807, 2.05) is 0 Å². The predicted octanol–water partition coefficient (Wildman–Crippen LogP) is 4.67. The summed E-state index contributed by atoms with van der Waals surface area (Å²) in [6.07, 6.45) is 1.49. The highest BCUT2D eigenvalue weighted by atomic mass is 35.5. The highest BCUT2D eigenvalue weighted by Crippen LogP contribution is 2.31. The molecule has 3 rings (SSSR count). The van der Waals surface area contributed by atoms with Gasteiger partial charge < -0.3 is 10.6 Å². The number of hydrogen-bond donors (Lipinski definition) is 2. The minimum absolute atomic E-state index is 0.258. The first-order valence-electron chi connectivity index (χ1n) is 7.01. The number of hydrogen-bond acceptors (Lipinski definition) is 5. The van der Waals surface area contributed by atoms with Crippen molar-refractivity contribution in [3.63, 3.8) is 0 Å². The molecular formula is C16H12Cl2FN5. The van der Waals surface area contributed by atoms with Crippen molar-refractivity contribution < 1.29 is 4.39 Å². The maximum Gasteiger partial charge on any atom is 0.249 e. The zero-order valence-electron chi connectivity index (χ0n) is 12.3. The molecule has 122 valence electrons. The van der Waals surface area contributed by atoms with Gasteiger partial charge in [0, 0.05) is 6.54 Å². The van der Waals surface area contributed by atoms with Crippen LogP contribution < -0.4 is 10.6 Å². The molecule has 8 heteroatoms. The highest BCUT2D eigenvalue weighted by Gasteiger charge is 2.08. The molecule has 0 saturated carbocycles. The Hall–Kier alpha value is -2.44. The van der Waals surface area contributed by atoms with Crippen LogP contribution in [0.15, 0.2) is 48.7 Å². The molecule has 1 aromatic heterocycles. The number of rotatable bonds is 5. The number of nitrogens with one attached hydrogen (secondary N) is 2. The zero-order chi connectivity index (χ0) is 16.9. The van der Waals surface area contributed by atoms with E-state index >= 15 is 0 Å². The molecule has 0 amide bonds. The lowest BCUT2D eigenvalue weighted by Crippen LogP contribution is -2.06. The van der Waals surface area contributed by atoms with Crippen molar-refractivity contribution in [1.29, 1.82) is 0 Å². The van der Waals surface area contributed by atoms with Crippen molar-refractivity contribution in [3.8, 4) is 0 Å². The Kier molecular flexibility index (Phi) is 5.08. The van der Waals surface area contributed by atoms with Crippen LogP contribution in [0.4, 0.5) is 21.8 Å². The van der Waals surface area contributed by atoms with Crippen LogP contribution >= 0.6 is 23.2 Å². The SMILES string of the molecule is Fc1ccc(CNc2cnnc(Nc3c(Cl)cccc3Cl)n2)cc1. The molecule has 0 bridgehead atoms. The fourth-order valence-electron chi connectivity index (χ4n) is 1.97. The summed E-state index contributed by atoms with van der Waals surface area (Å²) in [5.74, 6) is 0.500. The first kappa shape index (κ1) is 16.4. The number of para-hydroxylation sites is 1. The molecule has 0 aliphatic heterocycles. The maximum absolute atomic E-state index is 12.9. The number of anilines is 3. The first-order chi connectivity index (χ1) is 11.6. The lowest BCUT2D eigenvalue weighted by atomic mass is 10.2. The van der Waals surface area contributed by atoms with Gasteiger partial charge in [-0.1, -0.05) is 41.4 Å². The van der Waals surface area contributed by atoms with Crippen LogP contribution in [0.1, 0.15) is 5.56 Å². The molecule has 24 heavy (non-hydrogen) atoms. The van der Waals surface area contributed by atoms with Crippen molar-refractivity contribution >= 4 is 40.7 Å². The summed E-state index contributed by atoms with van der Waals surface area (Å²) in [5.41, 5.74) is 1.43. The Balaban J connectivity index is 1.71. The summed E-state index contributed by atoms with van der Waals surface area (Å²) in [4.78, 5) is 4.30. The van der Waals surface area contributed by atoms with E-state index in [4.69, 9.17) is 23.2 Å². The van der Waals surface area contributed by atoms with Gasteiger partial charge in [0.25, 0.3) is 0 Å². The molecule has 0 aliphatic rings. The number of aromatic nitrogens is 3. The fraction of sp³-hybridized carbons (Fsp3) is 0.0625. The zero-order valence-corrected chi connectivity index (χ0v) is 13.8. The van der Waals surface area contributed by atoms with Crippen LogP contribution in [-0.2, 0) is 6.54 Å². The average molecular weight is 364 g/mol. The number of nitrogens with zero attached hydrogens (tertiary/aromatic N) is 3. The fourth-order valence-corrected chi connectivity index (χ4v) is 2.46. The third-order valence-corrected chi connectivity index (χ3v) is 3.78. The van der Waals surface area contributed by atoms with Gasteiger partial charge in [0.1, 0.15) is 5.82 Å². The molecule has 0 atom stereocenters. The lowest BCUT2D eigenvalue weighted by Gasteiger charge is -2.10. The van der Waals surface area contributed by atoms with Crippen LogP contribution in [-0.4, -0.2) is 15.2 Å². The highest BCUT2D eigenvalue weighted by molar-refractivity contribution is 6.39. The van der Waals surface area contributed by atoms with Crippen molar-refractivity contribution in [1.82, 2.24) is 15.2 Å². The minimum atomic E-state index is -0.273. The summed E-state index contributed by atoms with van der Waals surface area (Å²) in [5, 5.41) is 14.7. The van der Waals surface area contributed by atoms with E-state index in [1.54, 1.807) is 30.3 Å². The van der Waals surface area contributed by atoms with Crippen molar-refractivity contribution in [2.75, 3.05) is 10.6 Å². The Morgan fingerprint density at radius 2 is 1.71 bits per heavy atom. The number of benzene rings is 2. The van der Waals surface area contributed by atoms with Crippen LogP contribution in [0.3, 0.4) is 0 Å². The Bertz CT molecular complexity index is 822. The maximum atomic E-state index is 12.9. The van der Waals surface area contributed by atoms with Crippen molar-refractivity contribution in [2.24, 2.45) is 0 Å². The summed E-state index contributed by atoms with van der Waals surface area (Å²) in [6.45, 7) is 0.477. The molecule has 5 nitrogen and oxygen atoms in total. The molecule has 1 heterocycles. The van der Waals surface area contributed by atoms with E-state index in [0.29, 0.717) is 28.1 Å². The molecule has 0 fully saturated rings. The molecule has 0 radical (unpaired) electrons. The van der Waals surface area contributed by atoms with Crippen molar-refractivity contribution in [2.45, 2.75) is 6.54 Å². The monoisotopic (exact) mass is 363 g/mol. The summed E-state index contributed by atoms with van der Waals surface area (Å²) >= 11 is 12.2. The third kappa shape index (κ3) is 4.10. The van der Waals surface area contributed by atoms with Gasteiger partial charge in [0.2, 0.25) is 5.95 Å². The second kappa shape index (κ2) is 7.42. The molecule has 0 aliphatic carbocycles. The average Bonchev–Trinajstić information content (AvgIpc) is 2.58. The van der Waals surface area contributed by atoms with Crippen LogP contribution in [0, 0.1) is 5.82 Å². The van der Waals surface area contributed by atoms with E-state index in [2.05, 4.69) is 25.8 Å². The van der Waals surface area contributed by atoms with E-state index in [1.165, 1.54) is 18.3 Å². The van der Waals surface area contributed by atoms with Gasteiger partial charge in [-0.15, -0.1) is 5.10 Å². The Morgan fingerprint density at radius 1 is 1.00 bits per heavy atom. The molecular weight excluding hydrogens is 352 g/mol. The van der Waals surface area contributed by atoms with Gasteiger partial charge in [0.15, 0.2) is 5.82 Å². The van der Waals surface area contributed by atoms with Gasteiger partial charge in [-0.05, 0) is 29.8 Å². The van der Waals surface area contributed by atoms with Crippen LogP contribution in [0.25, 0.3) is 0 Å². The van der Waals surface area contributed by atoms with Crippen molar-refractivity contribution in [3.05, 3.63) is 70.1 Å². The molecule has 2 N–H and O–H groups in total. The molecule has 0 unspecified atom stereocenters. The second-order valence-electron chi connectivity index (χ2n) is 4.87. The van der Waals surface area contributed by atoms with Gasteiger partial charge >= 0.3 is 0 Å². The quantitative estimate of drug-likeness (QED) is 0.689. The molecule has 2 aromatic carbocycles. The molecule has 3 aromatic rings. The number of halogens is 3. The summed E-state index contributed by atoms with van der Waals surface area (Å²) < 4.78 is 12.9. The van der Waals surface area contributed by atoms with Gasteiger partial charge in [-0.25, -0.2) is 4.39 Å². The minimum Gasteiger partial charge on any atom is -0.365 e. The smallest absolute Gasteiger partial charge is 0.249 e. The summed E-state index contributed by atoms with van der Waals surface area (Å²) in [6, 6.07) is 11.4. The van der Waals surface area contributed by atoms with Crippen LogP contribution in [0.2, 0.25) is 10.0 Å². The Labute approximate surface area is 147 Å². The standard InChI is InChI=1S/C16H12Cl2FN5/c17-12-2-1-3-13(18)15(12)23-16-22-14(9-21-24-16)20-8-10-4-6-11(19)7-5-10/h1-7,9H,8H2,(H2,20,22,23,24). The molecule has 0 spiro atoms. The first-order valence-corrected chi connectivity index (χ1v) is 7.76. The van der Waals surface area contributed by atoms with Crippen LogP contribution in [0.5, 0.6) is 0 Å². The second-order valence-corrected chi connectivity index (χ2v) is 5.68. The normalized spacial score (nSPS) is 10.5. The molecule has 0 saturated heterocycles.